The second kappa shape index (κ2) is 4.45. The SMILES string of the molecule is CNc1ccnc(-c2ccc(F)c(Cl)c2)n1. The molecule has 16 heavy (non-hydrogen) atoms. The molecule has 1 aromatic carbocycles. The van der Waals surface area contributed by atoms with E-state index < -0.39 is 5.82 Å². The highest BCUT2D eigenvalue weighted by atomic mass is 35.5. The molecule has 1 N–H and O–H groups in total. The van der Waals surface area contributed by atoms with Gasteiger partial charge in [0.25, 0.3) is 0 Å². The second-order valence-corrected chi connectivity index (χ2v) is 3.55. The molecule has 0 saturated heterocycles. The third-order valence-electron chi connectivity index (χ3n) is 2.09. The lowest BCUT2D eigenvalue weighted by Crippen LogP contribution is -1.95. The van der Waals surface area contributed by atoms with Crippen LogP contribution in [0.1, 0.15) is 0 Å². The minimum atomic E-state index is -0.449. The van der Waals surface area contributed by atoms with E-state index in [1.807, 2.05) is 0 Å². The Labute approximate surface area is 97.3 Å². The number of halogens is 2. The highest BCUT2D eigenvalue weighted by Crippen LogP contribution is 2.22. The van der Waals surface area contributed by atoms with Crippen molar-refractivity contribution in [2.45, 2.75) is 0 Å². The molecule has 0 unspecified atom stereocenters. The summed E-state index contributed by atoms with van der Waals surface area (Å²) < 4.78 is 13.0. The predicted octanol–water partition coefficient (Wildman–Crippen LogP) is 2.98. The van der Waals surface area contributed by atoms with Crippen molar-refractivity contribution in [3.63, 3.8) is 0 Å². The smallest absolute Gasteiger partial charge is 0.161 e. The molecule has 0 spiro atoms. The molecule has 5 heteroatoms. The Hall–Kier alpha value is -1.68. The van der Waals surface area contributed by atoms with Gasteiger partial charge in [-0.05, 0) is 24.3 Å². The van der Waals surface area contributed by atoms with Gasteiger partial charge in [0.2, 0.25) is 0 Å². The zero-order valence-electron chi connectivity index (χ0n) is 8.54. The molecular weight excluding hydrogens is 229 g/mol. The molecule has 1 aromatic heterocycles. The average molecular weight is 238 g/mol. The van der Waals surface area contributed by atoms with Gasteiger partial charge in [0.15, 0.2) is 5.82 Å². The van der Waals surface area contributed by atoms with Gasteiger partial charge in [0.05, 0.1) is 5.02 Å². The van der Waals surface area contributed by atoms with Crippen LogP contribution in [0.5, 0.6) is 0 Å². The molecule has 2 rings (SSSR count). The Morgan fingerprint density at radius 2 is 2.12 bits per heavy atom. The number of aromatic nitrogens is 2. The van der Waals surface area contributed by atoms with Crippen molar-refractivity contribution in [3.8, 4) is 11.4 Å². The summed E-state index contributed by atoms with van der Waals surface area (Å²) in [5, 5.41) is 2.97. The van der Waals surface area contributed by atoms with Crippen LogP contribution in [-0.2, 0) is 0 Å². The Kier molecular flexibility index (Phi) is 3.01. The molecule has 0 fully saturated rings. The van der Waals surface area contributed by atoms with E-state index in [1.165, 1.54) is 12.1 Å². The average Bonchev–Trinajstić information content (AvgIpc) is 2.33. The first-order valence-corrected chi connectivity index (χ1v) is 5.04. The fraction of sp³-hybridized carbons (Fsp3) is 0.0909. The number of rotatable bonds is 2. The zero-order valence-corrected chi connectivity index (χ0v) is 9.29. The van der Waals surface area contributed by atoms with Gasteiger partial charge in [-0.2, -0.15) is 0 Å². The van der Waals surface area contributed by atoms with Gasteiger partial charge in [-0.3, -0.25) is 0 Å². The second-order valence-electron chi connectivity index (χ2n) is 3.14. The van der Waals surface area contributed by atoms with Crippen molar-refractivity contribution < 1.29 is 4.39 Å². The molecule has 82 valence electrons. The highest BCUT2D eigenvalue weighted by Gasteiger charge is 2.05. The van der Waals surface area contributed by atoms with Crippen molar-refractivity contribution in [1.29, 1.82) is 0 Å². The maximum atomic E-state index is 13.0. The Morgan fingerprint density at radius 3 is 2.81 bits per heavy atom. The number of benzene rings is 1. The molecule has 0 radical (unpaired) electrons. The van der Waals surface area contributed by atoms with Crippen LogP contribution < -0.4 is 5.32 Å². The van der Waals surface area contributed by atoms with Crippen LogP contribution in [0.4, 0.5) is 10.2 Å². The lowest BCUT2D eigenvalue weighted by Gasteiger charge is -2.03. The Bertz CT molecular complexity index is 516. The first kappa shape index (κ1) is 10.8. The summed E-state index contributed by atoms with van der Waals surface area (Å²) in [6.45, 7) is 0. The van der Waals surface area contributed by atoms with E-state index in [0.29, 0.717) is 17.2 Å². The van der Waals surface area contributed by atoms with E-state index in [0.717, 1.165) is 0 Å². The van der Waals surface area contributed by atoms with Gasteiger partial charge >= 0.3 is 0 Å². The van der Waals surface area contributed by atoms with E-state index in [1.54, 1.807) is 25.4 Å². The standard InChI is InChI=1S/C11H9ClFN3/c1-14-10-4-5-15-11(16-10)7-2-3-9(13)8(12)6-7/h2-6H,1H3,(H,14,15,16). The minimum absolute atomic E-state index is 0.0657. The molecule has 2 aromatic rings. The van der Waals surface area contributed by atoms with Crippen LogP contribution in [0.15, 0.2) is 30.5 Å². The number of nitrogens with one attached hydrogen (secondary N) is 1. The van der Waals surface area contributed by atoms with Crippen molar-refractivity contribution in [2.24, 2.45) is 0 Å². The van der Waals surface area contributed by atoms with E-state index in [2.05, 4.69) is 15.3 Å². The van der Waals surface area contributed by atoms with Crippen molar-refractivity contribution in [2.75, 3.05) is 12.4 Å². The maximum absolute atomic E-state index is 13.0. The minimum Gasteiger partial charge on any atom is -0.373 e. The normalized spacial score (nSPS) is 10.2. The maximum Gasteiger partial charge on any atom is 0.161 e. The summed E-state index contributed by atoms with van der Waals surface area (Å²) >= 11 is 5.69. The van der Waals surface area contributed by atoms with E-state index in [4.69, 9.17) is 11.6 Å². The number of hydrogen-bond donors (Lipinski definition) is 1. The largest absolute Gasteiger partial charge is 0.373 e. The van der Waals surface area contributed by atoms with Gasteiger partial charge in [0.1, 0.15) is 11.6 Å². The lowest BCUT2D eigenvalue weighted by molar-refractivity contribution is 0.628. The van der Waals surface area contributed by atoms with Crippen LogP contribution in [0, 0.1) is 5.82 Å². The van der Waals surface area contributed by atoms with Crippen LogP contribution in [0.3, 0.4) is 0 Å². The molecule has 1 heterocycles. The van der Waals surface area contributed by atoms with Crippen molar-refractivity contribution >= 4 is 17.4 Å². The predicted molar refractivity (Wildman–Crippen MR) is 62.0 cm³/mol. The highest BCUT2D eigenvalue weighted by molar-refractivity contribution is 6.31. The fourth-order valence-electron chi connectivity index (χ4n) is 1.27. The molecule has 3 nitrogen and oxygen atoms in total. The molecule has 0 amide bonds. The summed E-state index contributed by atoms with van der Waals surface area (Å²) in [6.07, 6.45) is 1.63. The topological polar surface area (TPSA) is 37.8 Å². The van der Waals surface area contributed by atoms with Gasteiger partial charge in [0, 0.05) is 18.8 Å². The molecule has 0 bridgehead atoms. The third-order valence-corrected chi connectivity index (χ3v) is 2.38. The monoisotopic (exact) mass is 237 g/mol. The number of hydrogen-bond acceptors (Lipinski definition) is 3. The molecule has 0 atom stereocenters. The van der Waals surface area contributed by atoms with E-state index in [9.17, 15) is 4.39 Å². The van der Waals surface area contributed by atoms with Crippen molar-refractivity contribution in [1.82, 2.24) is 9.97 Å². The molecule has 0 saturated carbocycles. The number of anilines is 1. The fourth-order valence-corrected chi connectivity index (χ4v) is 1.45. The lowest BCUT2D eigenvalue weighted by atomic mass is 10.2. The van der Waals surface area contributed by atoms with E-state index >= 15 is 0 Å². The van der Waals surface area contributed by atoms with E-state index in [-0.39, 0.29) is 5.02 Å². The van der Waals surface area contributed by atoms with Crippen LogP contribution in [-0.4, -0.2) is 17.0 Å². The molecule has 0 aliphatic carbocycles. The Balaban J connectivity index is 2.46. The summed E-state index contributed by atoms with van der Waals surface area (Å²) in [6, 6.07) is 6.14. The zero-order chi connectivity index (χ0) is 11.5. The summed E-state index contributed by atoms with van der Waals surface area (Å²) in [5.74, 6) is 0.759. The third kappa shape index (κ3) is 2.12. The van der Waals surface area contributed by atoms with Gasteiger partial charge in [-0.25, -0.2) is 14.4 Å². The van der Waals surface area contributed by atoms with Crippen molar-refractivity contribution in [3.05, 3.63) is 41.3 Å². The first-order chi connectivity index (χ1) is 7.70. The van der Waals surface area contributed by atoms with Gasteiger partial charge < -0.3 is 5.32 Å². The molecule has 0 aliphatic heterocycles. The summed E-state index contributed by atoms with van der Waals surface area (Å²) in [4.78, 5) is 8.33. The van der Waals surface area contributed by atoms with Crippen LogP contribution in [0.2, 0.25) is 5.02 Å². The molecule has 0 aliphatic rings. The first-order valence-electron chi connectivity index (χ1n) is 4.67. The quantitative estimate of drug-likeness (QED) is 0.873. The number of nitrogens with zero attached hydrogens (tertiary/aromatic N) is 2. The van der Waals surface area contributed by atoms with Gasteiger partial charge in [-0.1, -0.05) is 11.6 Å². The van der Waals surface area contributed by atoms with Crippen LogP contribution in [0.25, 0.3) is 11.4 Å². The summed E-state index contributed by atoms with van der Waals surface area (Å²) in [5.41, 5.74) is 0.684. The molecular formula is C11H9ClFN3. The van der Waals surface area contributed by atoms with Gasteiger partial charge in [-0.15, -0.1) is 0 Å². The van der Waals surface area contributed by atoms with Crippen LogP contribution >= 0.6 is 11.6 Å². The summed E-state index contributed by atoms with van der Waals surface area (Å²) in [7, 11) is 1.77. The Morgan fingerprint density at radius 1 is 1.31 bits per heavy atom.